The lowest BCUT2D eigenvalue weighted by molar-refractivity contribution is 0.0698. The molecule has 5 nitrogen and oxygen atoms in total. The van der Waals surface area contributed by atoms with Crippen LogP contribution in [0.3, 0.4) is 0 Å². The van der Waals surface area contributed by atoms with Gasteiger partial charge in [-0.1, -0.05) is 24.3 Å². The molecule has 0 atom stereocenters. The van der Waals surface area contributed by atoms with Crippen LogP contribution >= 0.6 is 0 Å². The summed E-state index contributed by atoms with van der Waals surface area (Å²) >= 11 is 0. The van der Waals surface area contributed by atoms with Crippen molar-refractivity contribution >= 4 is 16.9 Å². The third-order valence-electron chi connectivity index (χ3n) is 3.36. The Hall–Kier alpha value is -2.95. The molecule has 0 radical (unpaired) electrons. The summed E-state index contributed by atoms with van der Waals surface area (Å²) in [6.07, 6.45) is 1.52. The van der Waals surface area contributed by atoms with E-state index in [0.717, 1.165) is 10.9 Å². The van der Waals surface area contributed by atoms with E-state index in [0.29, 0.717) is 17.1 Å². The second-order valence-electron chi connectivity index (χ2n) is 4.69. The van der Waals surface area contributed by atoms with Crippen LogP contribution in [0.15, 0.2) is 53.1 Å². The van der Waals surface area contributed by atoms with E-state index in [1.54, 1.807) is 13.2 Å². The largest absolute Gasteiger partial charge is 0.493 e. The number of fused-ring (bicyclic) bond motifs is 1. The number of para-hydroxylation sites is 3. The molecule has 0 unspecified atom stereocenters. The van der Waals surface area contributed by atoms with E-state index >= 15 is 0 Å². The number of rotatable bonds is 5. The molecule has 0 saturated carbocycles. The van der Waals surface area contributed by atoms with E-state index in [1.165, 1.54) is 12.3 Å². The van der Waals surface area contributed by atoms with E-state index in [-0.39, 0.29) is 12.2 Å². The SMILES string of the molecule is COc1ccccc1OCc1coc2c(C(=O)O)cccc12. The van der Waals surface area contributed by atoms with Gasteiger partial charge in [-0.25, -0.2) is 4.79 Å². The monoisotopic (exact) mass is 298 g/mol. The molecule has 0 amide bonds. The summed E-state index contributed by atoms with van der Waals surface area (Å²) in [7, 11) is 1.58. The van der Waals surface area contributed by atoms with Gasteiger partial charge in [0.15, 0.2) is 11.5 Å². The first-order valence-electron chi connectivity index (χ1n) is 6.69. The number of methoxy groups -OCH3 is 1. The third kappa shape index (κ3) is 2.48. The van der Waals surface area contributed by atoms with Crippen molar-refractivity contribution in [2.45, 2.75) is 6.61 Å². The molecule has 1 aromatic heterocycles. The smallest absolute Gasteiger partial charge is 0.339 e. The number of carboxylic acid groups (broad SMARTS) is 1. The lowest BCUT2D eigenvalue weighted by atomic mass is 10.1. The van der Waals surface area contributed by atoms with Crippen molar-refractivity contribution in [3.05, 3.63) is 59.9 Å². The predicted octanol–water partition coefficient (Wildman–Crippen LogP) is 3.72. The molecule has 0 aliphatic carbocycles. The minimum Gasteiger partial charge on any atom is -0.493 e. The Morgan fingerprint density at radius 1 is 1.14 bits per heavy atom. The Balaban J connectivity index is 1.89. The van der Waals surface area contributed by atoms with Crippen molar-refractivity contribution in [1.82, 2.24) is 0 Å². The molecule has 0 spiro atoms. The van der Waals surface area contributed by atoms with Crippen molar-refractivity contribution in [2.24, 2.45) is 0 Å². The minimum atomic E-state index is -1.02. The zero-order valence-electron chi connectivity index (χ0n) is 11.9. The maximum absolute atomic E-state index is 11.2. The van der Waals surface area contributed by atoms with Crippen LogP contribution in [0, 0.1) is 0 Å². The lowest BCUT2D eigenvalue weighted by Crippen LogP contribution is -1.98. The fraction of sp³-hybridized carbons (Fsp3) is 0.118. The summed E-state index contributed by atoms with van der Waals surface area (Å²) in [5.41, 5.74) is 1.28. The predicted molar refractivity (Wildman–Crippen MR) is 80.5 cm³/mol. The molecule has 3 rings (SSSR count). The summed E-state index contributed by atoms with van der Waals surface area (Å²) in [5, 5.41) is 9.89. The van der Waals surface area contributed by atoms with E-state index < -0.39 is 5.97 Å². The molecule has 22 heavy (non-hydrogen) atoms. The summed E-state index contributed by atoms with van der Waals surface area (Å²) < 4.78 is 16.4. The summed E-state index contributed by atoms with van der Waals surface area (Å²) in [4.78, 5) is 11.2. The number of benzene rings is 2. The van der Waals surface area contributed by atoms with Crippen molar-refractivity contribution in [3.63, 3.8) is 0 Å². The molecule has 1 heterocycles. The van der Waals surface area contributed by atoms with Crippen LogP contribution in [0.1, 0.15) is 15.9 Å². The zero-order valence-corrected chi connectivity index (χ0v) is 11.9. The van der Waals surface area contributed by atoms with E-state index in [9.17, 15) is 4.79 Å². The average Bonchev–Trinajstić information content (AvgIpc) is 2.96. The number of carbonyl (C=O) groups is 1. The topological polar surface area (TPSA) is 68.9 Å². The van der Waals surface area contributed by atoms with Crippen LogP contribution in [0.4, 0.5) is 0 Å². The summed E-state index contributed by atoms with van der Waals surface area (Å²) in [6.45, 7) is 0.260. The average molecular weight is 298 g/mol. The number of ether oxygens (including phenoxy) is 2. The van der Waals surface area contributed by atoms with Crippen LogP contribution in [-0.4, -0.2) is 18.2 Å². The first kappa shape index (κ1) is 14.0. The van der Waals surface area contributed by atoms with Crippen molar-refractivity contribution in [2.75, 3.05) is 7.11 Å². The van der Waals surface area contributed by atoms with Gasteiger partial charge < -0.3 is 19.0 Å². The highest BCUT2D eigenvalue weighted by molar-refractivity contribution is 6.01. The molecule has 0 aliphatic rings. The molecule has 2 aromatic carbocycles. The number of hydrogen-bond donors (Lipinski definition) is 1. The quantitative estimate of drug-likeness (QED) is 0.777. The first-order chi connectivity index (χ1) is 10.7. The van der Waals surface area contributed by atoms with Gasteiger partial charge in [-0.05, 0) is 18.2 Å². The Kier molecular flexibility index (Phi) is 3.70. The standard InChI is InChI=1S/C17H14O5/c1-20-14-7-2-3-8-15(14)21-9-11-10-22-16-12(11)5-4-6-13(16)17(18)19/h2-8,10H,9H2,1H3,(H,18,19). The van der Waals surface area contributed by atoms with Crippen molar-refractivity contribution in [3.8, 4) is 11.5 Å². The highest BCUT2D eigenvalue weighted by Gasteiger charge is 2.15. The highest BCUT2D eigenvalue weighted by atomic mass is 16.5. The van der Waals surface area contributed by atoms with Crippen molar-refractivity contribution < 1.29 is 23.8 Å². The van der Waals surface area contributed by atoms with Crippen LogP contribution in [-0.2, 0) is 6.61 Å². The second-order valence-corrected chi connectivity index (χ2v) is 4.69. The van der Waals surface area contributed by atoms with Gasteiger partial charge in [-0.2, -0.15) is 0 Å². The number of furan rings is 1. The fourth-order valence-electron chi connectivity index (χ4n) is 2.28. The normalized spacial score (nSPS) is 10.6. The van der Waals surface area contributed by atoms with Gasteiger partial charge >= 0.3 is 5.97 Å². The molecule has 1 N–H and O–H groups in total. The van der Waals surface area contributed by atoms with Crippen LogP contribution < -0.4 is 9.47 Å². The molecular weight excluding hydrogens is 284 g/mol. The van der Waals surface area contributed by atoms with Gasteiger partial charge in [0.2, 0.25) is 0 Å². The Bertz CT molecular complexity index is 819. The number of hydrogen-bond acceptors (Lipinski definition) is 4. The maximum atomic E-state index is 11.2. The molecule has 3 aromatic rings. The Labute approximate surface area is 126 Å². The van der Waals surface area contributed by atoms with Crippen LogP contribution in [0.25, 0.3) is 11.0 Å². The van der Waals surface area contributed by atoms with Gasteiger partial charge in [-0.15, -0.1) is 0 Å². The summed E-state index contributed by atoms with van der Waals surface area (Å²) in [6, 6.07) is 12.3. The van der Waals surface area contributed by atoms with E-state index in [4.69, 9.17) is 19.0 Å². The van der Waals surface area contributed by atoms with Gasteiger partial charge in [0.25, 0.3) is 0 Å². The first-order valence-corrected chi connectivity index (χ1v) is 6.69. The minimum absolute atomic E-state index is 0.140. The highest BCUT2D eigenvalue weighted by Crippen LogP contribution is 2.29. The van der Waals surface area contributed by atoms with Crippen LogP contribution in [0.5, 0.6) is 11.5 Å². The number of carboxylic acids is 1. The van der Waals surface area contributed by atoms with Gasteiger partial charge in [0.1, 0.15) is 17.8 Å². The zero-order chi connectivity index (χ0) is 15.5. The van der Waals surface area contributed by atoms with E-state index in [2.05, 4.69) is 0 Å². The molecule has 0 saturated heterocycles. The molecule has 5 heteroatoms. The van der Waals surface area contributed by atoms with Crippen molar-refractivity contribution in [1.29, 1.82) is 0 Å². The molecule has 0 aliphatic heterocycles. The molecular formula is C17H14O5. The van der Waals surface area contributed by atoms with Gasteiger partial charge in [0, 0.05) is 10.9 Å². The van der Waals surface area contributed by atoms with Gasteiger partial charge in [-0.3, -0.25) is 0 Å². The molecule has 112 valence electrons. The van der Waals surface area contributed by atoms with Gasteiger partial charge in [0.05, 0.1) is 13.4 Å². The second kappa shape index (κ2) is 5.81. The maximum Gasteiger partial charge on any atom is 0.339 e. The van der Waals surface area contributed by atoms with E-state index in [1.807, 2.05) is 30.3 Å². The fourth-order valence-corrected chi connectivity index (χ4v) is 2.28. The third-order valence-corrected chi connectivity index (χ3v) is 3.36. The summed E-state index contributed by atoms with van der Waals surface area (Å²) in [5.74, 6) is 0.243. The molecule has 0 bridgehead atoms. The molecule has 0 fully saturated rings. The Morgan fingerprint density at radius 3 is 2.64 bits per heavy atom. The van der Waals surface area contributed by atoms with Crippen LogP contribution in [0.2, 0.25) is 0 Å². The number of aromatic carboxylic acids is 1. The lowest BCUT2D eigenvalue weighted by Gasteiger charge is -2.09. The Morgan fingerprint density at radius 2 is 1.91 bits per heavy atom.